The number of fused-ring (bicyclic) bond motifs is 1. The standard InChI is InChI=1S/C25H25FN4O/c1-14-6-7-15(2)21(10-14)30-23-19-11-17(8-9-20(19)29-16(3)22(23)26)18-12-27-24(28-13-18)25(4,5)31/h6-13,31H,1-5H3,(H,29,30). The van der Waals surface area contributed by atoms with Crippen molar-refractivity contribution in [2.45, 2.75) is 40.2 Å². The van der Waals surface area contributed by atoms with Crippen LogP contribution < -0.4 is 5.32 Å². The zero-order valence-electron chi connectivity index (χ0n) is 18.3. The fourth-order valence-corrected chi connectivity index (χ4v) is 3.46. The first-order chi connectivity index (χ1) is 14.6. The fraction of sp³-hybridized carbons (Fsp3) is 0.240. The molecule has 0 unspecified atom stereocenters. The molecule has 0 saturated heterocycles. The minimum atomic E-state index is -1.12. The van der Waals surface area contributed by atoms with Crippen LogP contribution in [-0.4, -0.2) is 20.1 Å². The summed E-state index contributed by atoms with van der Waals surface area (Å²) in [6, 6.07) is 11.7. The summed E-state index contributed by atoms with van der Waals surface area (Å²) >= 11 is 0. The van der Waals surface area contributed by atoms with Crippen LogP contribution in [0, 0.1) is 26.6 Å². The molecule has 4 aromatic rings. The van der Waals surface area contributed by atoms with E-state index in [4.69, 9.17) is 0 Å². The number of hydrogen-bond acceptors (Lipinski definition) is 5. The van der Waals surface area contributed by atoms with E-state index in [0.29, 0.717) is 28.1 Å². The molecule has 31 heavy (non-hydrogen) atoms. The Kier molecular flexibility index (Phi) is 5.19. The van der Waals surface area contributed by atoms with E-state index in [2.05, 4.69) is 20.3 Å². The normalized spacial score (nSPS) is 11.7. The van der Waals surface area contributed by atoms with Gasteiger partial charge in [0, 0.05) is 29.0 Å². The number of hydrogen-bond donors (Lipinski definition) is 2. The zero-order valence-corrected chi connectivity index (χ0v) is 18.3. The average Bonchev–Trinajstić information content (AvgIpc) is 2.73. The smallest absolute Gasteiger partial charge is 0.168 e. The predicted octanol–water partition coefficient (Wildman–Crippen LogP) is 5.73. The molecular weight excluding hydrogens is 391 g/mol. The van der Waals surface area contributed by atoms with Crippen molar-refractivity contribution in [1.29, 1.82) is 0 Å². The van der Waals surface area contributed by atoms with Gasteiger partial charge in [-0.2, -0.15) is 0 Å². The summed E-state index contributed by atoms with van der Waals surface area (Å²) < 4.78 is 15.2. The zero-order chi connectivity index (χ0) is 22.3. The number of halogens is 1. The molecule has 0 atom stereocenters. The third-order valence-corrected chi connectivity index (χ3v) is 5.28. The quantitative estimate of drug-likeness (QED) is 0.445. The van der Waals surface area contributed by atoms with Gasteiger partial charge in [-0.3, -0.25) is 0 Å². The lowest BCUT2D eigenvalue weighted by atomic mass is 10.0. The highest BCUT2D eigenvalue weighted by molar-refractivity contribution is 5.96. The number of aromatic nitrogens is 3. The molecule has 2 N–H and O–H groups in total. The first kappa shape index (κ1) is 20.9. The Morgan fingerprint density at radius 1 is 0.935 bits per heavy atom. The molecule has 4 rings (SSSR count). The van der Waals surface area contributed by atoms with E-state index in [1.807, 2.05) is 50.2 Å². The molecule has 158 valence electrons. The van der Waals surface area contributed by atoms with E-state index in [9.17, 15) is 5.11 Å². The Morgan fingerprint density at radius 2 is 1.65 bits per heavy atom. The summed E-state index contributed by atoms with van der Waals surface area (Å²) in [6.45, 7) is 8.94. The van der Waals surface area contributed by atoms with Crippen LogP contribution in [0.3, 0.4) is 0 Å². The van der Waals surface area contributed by atoms with Crippen LogP contribution in [0.4, 0.5) is 15.8 Å². The number of aliphatic hydroxyl groups is 1. The monoisotopic (exact) mass is 416 g/mol. The third kappa shape index (κ3) is 4.11. The Bertz CT molecular complexity index is 1280. The van der Waals surface area contributed by atoms with Gasteiger partial charge in [-0.1, -0.05) is 18.2 Å². The van der Waals surface area contributed by atoms with Gasteiger partial charge in [0.25, 0.3) is 0 Å². The van der Waals surface area contributed by atoms with Crippen molar-refractivity contribution in [2.75, 3.05) is 5.32 Å². The highest BCUT2D eigenvalue weighted by Crippen LogP contribution is 2.34. The molecule has 0 radical (unpaired) electrons. The van der Waals surface area contributed by atoms with Crippen molar-refractivity contribution >= 4 is 22.3 Å². The van der Waals surface area contributed by atoms with Crippen molar-refractivity contribution in [3.8, 4) is 11.1 Å². The summed E-state index contributed by atoms with van der Waals surface area (Å²) in [5, 5.41) is 14.1. The number of pyridine rings is 1. The van der Waals surface area contributed by atoms with E-state index in [0.717, 1.165) is 27.9 Å². The molecule has 0 spiro atoms. The summed E-state index contributed by atoms with van der Waals surface area (Å²) in [5.41, 5.74) is 4.90. The van der Waals surface area contributed by atoms with Crippen LogP contribution >= 0.6 is 0 Å². The highest BCUT2D eigenvalue weighted by Gasteiger charge is 2.20. The van der Waals surface area contributed by atoms with Gasteiger partial charge in [0.05, 0.1) is 16.9 Å². The summed E-state index contributed by atoms with van der Waals surface area (Å²) in [6.07, 6.45) is 3.33. The number of anilines is 2. The lowest BCUT2D eigenvalue weighted by Gasteiger charge is -2.16. The number of nitrogens with zero attached hydrogens (tertiary/aromatic N) is 3. The minimum Gasteiger partial charge on any atom is -0.382 e. The molecule has 0 bridgehead atoms. The molecular formula is C25H25FN4O. The molecule has 6 heteroatoms. The fourth-order valence-electron chi connectivity index (χ4n) is 3.46. The molecule has 0 fully saturated rings. The van der Waals surface area contributed by atoms with Gasteiger partial charge in [0.15, 0.2) is 11.6 Å². The molecule has 0 aliphatic heterocycles. The van der Waals surface area contributed by atoms with E-state index < -0.39 is 5.60 Å². The van der Waals surface area contributed by atoms with Gasteiger partial charge >= 0.3 is 0 Å². The highest BCUT2D eigenvalue weighted by atomic mass is 19.1. The molecule has 2 aromatic carbocycles. The maximum Gasteiger partial charge on any atom is 0.168 e. The molecule has 2 heterocycles. The number of rotatable bonds is 4. The Balaban J connectivity index is 1.84. The Labute approximate surface area is 181 Å². The summed E-state index contributed by atoms with van der Waals surface area (Å²) in [7, 11) is 0. The number of aryl methyl sites for hydroxylation is 3. The average molecular weight is 417 g/mol. The molecule has 0 aliphatic carbocycles. The van der Waals surface area contributed by atoms with Gasteiger partial charge in [-0.15, -0.1) is 0 Å². The maximum atomic E-state index is 15.2. The van der Waals surface area contributed by atoms with E-state index >= 15 is 4.39 Å². The lowest BCUT2D eigenvalue weighted by Crippen LogP contribution is -2.19. The first-order valence-electron chi connectivity index (χ1n) is 10.1. The molecule has 5 nitrogen and oxygen atoms in total. The van der Waals surface area contributed by atoms with E-state index in [-0.39, 0.29) is 5.82 Å². The molecule has 0 saturated carbocycles. The second-order valence-electron chi connectivity index (χ2n) is 8.42. The Morgan fingerprint density at radius 3 is 2.32 bits per heavy atom. The van der Waals surface area contributed by atoms with Crippen molar-refractivity contribution in [3.63, 3.8) is 0 Å². The van der Waals surface area contributed by atoms with Crippen molar-refractivity contribution in [2.24, 2.45) is 0 Å². The molecule has 2 aromatic heterocycles. The molecule has 0 amide bonds. The van der Waals surface area contributed by atoms with Crippen LogP contribution in [0.5, 0.6) is 0 Å². The summed E-state index contributed by atoms with van der Waals surface area (Å²) in [4.78, 5) is 13.0. The lowest BCUT2D eigenvalue weighted by molar-refractivity contribution is 0.0687. The van der Waals surface area contributed by atoms with Gasteiger partial charge in [0.2, 0.25) is 0 Å². The SMILES string of the molecule is Cc1ccc(C)c(Nc2c(F)c(C)nc3ccc(-c4cnc(C(C)(C)O)nc4)cc23)c1. The van der Waals surface area contributed by atoms with Crippen molar-refractivity contribution in [3.05, 3.63) is 77.3 Å². The molecule has 0 aliphatic rings. The summed E-state index contributed by atoms with van der Waals surface area (Å²) in [5.74, 6) is -0.0307. The maximum absolute atomic E-state index is 15.2. The topological polar surface area (TPSA) is 70.9 Å². The largest absolute Gasteiger partial charge is 0.382 e. The van der Waals surface area contributed by atoms with Crippen molar-refractivity contribution < 1.29 is 9.50 Å². The van der Waals surface area contributed by atoms with Crippen LogP contribution in [-0.2, 0) is 5.60 Å². The predicted molar refractivity (Wildman–Crippen MR) is 122 cm³/mol. The third-order valence-electron chi connectivity index (χ3n) is 5.28. The van der Waals surface area contributed by atoms with Gasteiger partial charge in [-0.25, -0.2) is 19.3 Å². The van der Waals surface area contributed by atoms with Crippen LogP contribution in [0.15, 0.2) is 48.8 Å². The van der Waals surface area contributed by atoms with Crippen LogP contribution in [0.2, 0.25) is 0 Å². The second-order valence-corrected chi connectivity index (χ2v) is 8.42. The minimum absolute atomic E-state index is 0.339. The number of nitrogens with one attached hydrogen (secondary N) is 1. The second kappa shape index (κ2) is 7.71. The van der Waals surface area contributed by atoms with E-state index in [1.165, 1.54) is 0 Å². The van der Waals surface area contributed by atoms with Gasteiger partial charge in [-0.05, 0) is 69.5 Å². The van der Waals surface area contributed by atoms with Crippen molar-refractivity contribution in [1.82, 2.24) is 15.0 Å². The first-order valence-corrected chi connectivity index (χ1v) is 10.1. The van der Waals surface area contributed by atoms with Gasteiger partial charge < -0.3 is 10.4 Å². The van der Waals surface area contributed by atoms with E-state index in [1.54, 1.807) is 33.2 Å². The van der Waals surface area contributed by atoms with Crippen LogP contribution in [0.1, 0.15) is 36.5 Å². The number of benzene rings is 2. The van der Waals surface area contributed by atoms with Crippen LogP contribution in [0.25, 0.3) is 22.0 Å². The van der Waals surface area contributed by atoms with Gasteiger partial charge in [0.1, 0.15) is 5.60 Å². The Hall–Kier alpha value is -3.38.